The molecule has 6 nitrogen and oxygen atoms in total. The molecule has 0 saturated heterocycles. The first-order valence-electron chi connectivity index (χ1n) is 3.73. The number of hydrogen-bond acceptors (Lipinski definition) is 4. The summed E-state index contributed by atoms with van der Waals surface area (Å²) in [5.74, 6) is -0.601. The van der Waals surface area contributed by atoms with Gasteiger partial charge in [-0.15, -0.1) is 0 Å². The molecule has 3 N–H and O–H groups in total. The highest BCUT2D eigenvalue weighted by Crippen LogP contribution is 1.84. The van der Waals surface area contributed by atoms with Crippen molar-refractivity contribution in [3.05, 3.63) is 12.3 Å². The van der Waals surface area contributed by atoms with Crippen molar-refractivity contribution in [1.82, 2.24) is 16.2 Å². The Morgan fingerprint density at radius 3 is 2.85 bits per heavy atom. The predicted octanol–water partition coefficient (Wildman–Crippen LogP) is -1.33. The summed E-state index contributed by atoms with van der Waals surface area (Å²) in [5.41, 5.74) is 4.35. The lowest BCUT2D eigenvalue weighted by Crippen LogP contribution is -2.47. The zero-order valence-electron chi connectivity index (χ0n) is 7.13. The number of nitrogens with zero attached hydrogens (tertiary/aromatic N) is 1. The lowest BCUT2D eigenvalue weighted by molar-refractivity contribution is -0.124. The van der Waals surface area contributed by atoms with Crippen LogP contribution in [0, 0.1) is 0 Å². The summed E-state index contributed by atoms with van der Waals surface area (Å²) >= 11 is 0. The van der Waals surface area contributed by atoms with Crippen LogP contribution in [0.25, 0.3) is 0 Å². The molecule has 0 spiro atoms. The second-order valence-corrected chi connectivity index (χ2v) is 2.37. The second-order valence-electron chi connectivity index (χ2n) is 2.37. The summed E-state index contributed by atoms with van der Waals surface area (Å²) in [6.45, 7) is 1.77. The molecule has 1 aliphatic heterocycles. The Morgan fingerprint density at radius 2 is 2.31 bits per heavy atom. The molecule has 0 aromatic carbocycles. The van der Waals surface area contributed by atoms with Crippen molar-refractivity contribution in [2.45, 2.75) is 6.92 Å². The summed E-state index contributed by atoms with van der Waals surface area (Å²) in [7, 11) is 0. The molecule has 1 rings (SSSR count). The van der Waals surface area contributed by atoms with Crippen molar-refractivity contribution < 1.29 is 9.59 Å². The number of amides is 2. The van der Waals surface area contributed by atoms with Crippen molar-refractivity contribution in [2.75, 3.05) is 6.54 Å². The first-order valence-corrected chi connectivity index (χ1v) is 3.73. The fraction of sp³-hybridized carbons (Fsp3) is 0.286. The molecule has 2 amide bonds. The molecule has 1 heterocycles. The molecule has 0 bridgehead atoms. The van der Waals surface area contributed by atoms with Crippen molar-refractivity contribution in [2.24, 2.45) is 4.99 Å². The van der Waals surface area contributed by atoms with Gasteiger partial charge in [-0.05, 0) is 6.08 Å². The average Bonchev–Trinajstić information content (AvgIpc) is 2.15. The smallest absolute Gasteiger partial charge is 0.305 e. The molecular formula is C7H10N4O2. The van der Waals surface area contributed by atoms with E-state index in [4.69, 9.17) is 0 Å². The minimum absolute atomic E-state index is 0.191. The summed E-state index contributed by atoms with van der Waals surface area (Å²) in [6.07, 6.45) is 3.39. The Kier molecular flexibility index (Phi) is 3.02. The minimum atomic E-state index is -0.459. The average molecular weight is 182 g/mol. The monoisotopic (exact) mass is 182 g/mol. The van der Waals surface area contributed by atoms with E-state index in [9.17, 15) is 9.59 Å². The number of carbonyl (C=O) groups excluding carboxylic acids is 2. The van der Waals surface area contributed by atoms with Gasteiger partial charge in [0.2, 0.25) is 5.91 Å². The van der Waals surface area contributed by atoms with Gasteiger partial charge in [0.1, 0.15) is 0 Å². The van der Waals surface area contributed by atoms with Crippen molar-refractivity contribution in [3.63, 3.8) is 0 Å². The van der Waals surface area contributed by atoms with Crippen LogP contribution in [0.3, 0.4) is 0 Å². The van der Waals surface area contributed by atoms with E-state index in [0.29, 0.717) is 6.54 Å². The van der Waals surface area contributed by atoms with E-state index in [1.807, 2.05) is 0 Å². The maximum Gasteiger partial charge on any atom is 0.305 e. The molecule has 0 saturated carbocycles. The number of hydrazine groups is 1. The number of aliphatic imine (C=N–C) groups is 1. The van der Waals surface area contributed by atoms with Gasteiger partial charge in [0.05, 0.1) is 6.54 Å². The standard InChI is InChI=1S/C7H10N4O2/c1-5(12)10-11-7(13)6-8-3-2-4-9-6/h2-3H,4H2,1H3,(H,8,9)(H,10,12)(H,11,13). The Balaban J connectivity index is 2.39. The number of hydrogen-bond donors (Lipinski definition) is 3. The molecule has 6 heteroatoms. The largest absolute Gasteiger partial charge is 0.343 e. The lowest BCUT2D eigenvalue weighted by Gasteiger charge is -2.09. The zero-order valence-corrected chi connectivity index (χ0v) is 7.13. The van der Waals surface area contributed by atoms with Gasteiger partial charge in [0.15, 0.2) is 5.84 Å². The van der Waals surface area contributed by atoms with Crippen molar-refractivity contribution in [1.29, 1.82) is 0 Å². The summed E-state index contributed by atoms with van der Waals surface area (Å²) in [6, 6.07) is 0. The van der Waals surface area contributed by atoms with Crippen LogP contribution >= 0.6 is 0 Å². The maximum absolute atomic E-state index is 11.1. The van der Waals surface area contributed by atoms with Crippen LogP contribution in [-0.4, -0.2) is 24.2 Å². The van der Waals surface area contributed by atoms with E-state index >= 15 is 0 Å². The first kappa shape index (κ1) is 9.24. The van der Waals surface area contributed by atoms with Gasteiger partial charge in [0, 0.05) is 13.1 Å². The van der Waals surface area contributed by atoms with Gasteiger partial charge in [-0.1, -0.05) is 0 Å². The number of amidine groups is 1. The third-order valence-electron chi connectivity index (χ3n) is 1.26. The molecule has 0 aromatic rings. The molecule has 0 radical (unpaired) electrons. The topological polar surface area (TPSA) is 82.6 Å². The van der Waals surface area contributed by atoms with Crippen molar-refractivity contribution in [3.8, 4) is 0 Å². The Morgan fingerprint density at radius 1 is 1.54 bits per heavy atom. The van der Waals surface area contributed by atoms with Crippen LogP contribution in [0.4, 0.5) is 0 Å². The van der Waals surface area contributed by atoms with Crippen LogP contribution in [0.2, 0.25) is 0 Å². The molecule has 0 atom stereocenters. The summed E-state index contributed by atoms with van der Waals surface area (Å²) in [4.78, 5) is 25.4. The van der Waals surface area contributed by atoms with E-state index in [0.717, 1.165) is 0 Å². The lowest BCUT2D eigenvalue weighted by atomic mass is 10.4. The van der Waals surface area contributed by atoms with Crippen LogP contribution in [0.1, 0.15) is 6.92 Å². The normalized spacial score (nSPS) is 14.1. The molecule has 0 unspecified atom stereocenters. The number of rotatable bonds is 1. The summed E-state index contributed by atoms with van der Waals surface area (Å²) in [5, 5.41) is 2.65. The van der Waals surface area contributed by atoms with Gasteiger partial charge >= 0.3 is 5.91 Å². The van der Waals surface area contributed by atoms with Gasteiger partial charge in [-0.2, -0.15) is 0 Å². The van der Waals surface area contributed by atoms with Gasteiger partial charge in [-0.3, -0.25) is 25.4 Å². The Hall–Kier alpha value is -1.85. The predicted molar refractivity (Wildman–Crippen MR) is 46.5 cm³/mol. The molecule has 70 valence electrons. The molecule has 0 fully saturated rings. The fourth-order valence-electron chi connectivity index (χ4n) is 0.722. The highest BCUT2D eigenvalue weighted by Gasteiger charge is 2.10. The zero-order chi connectivity index (χ0) is 9.68. The van der Waals surface area contributed by atoms with E-state index in [2.05, 4.69) is 21.2 Å². The third-order valence-corrected chi connectivity index (χ3v) is 1.26. The van der Waals surface area contributed by atoms with E-state index in [1.54, 1.807) is 12.3 Å². The first-order chi connectivity index (χ1) is 6.20. The van der Waals surface area contributed by atoms with Crippen LogP contribution in [0.5, 0.6) is 0 Å². The molecule has 0 aromatic heterocycles. The van der Waals surface area contributed by atoms with Gasteiger partial charge in [0.25, 0.3) is 0 Å². The quantitative estimate of drug-likeness (QED) is 0.439. The van der Waals surface area contributed by atoms with E-state index < -0.39 is 5.91 Å². The van der Waals surface area contributed by atoms with Crippen molar-refractivity contribution >= 4 is 17.6 Å². The Bertz CT molecular complexity index is 282. The van der Waals surface area contributed by atoms with E-state index in [-0.39, 0.29) is 11.7 Å². The van der Waals surface area contributed by atoms with Crippen LogP contribution in [0.15, 0.2) is 17.3 Å². The highest BCUT2D eigenvalue weighted by atomic mass is 16.2. The van der Waals surface area contributed by atoms with Gasteiger partial charge < -0.3 is 5.32 Å². The van der Waals surface area contributed by atoms with Crippen LogP contribution in [-0.2, 0) is 9.59 Å². The highest BCUT2D eigenvalue weighted by molar-refractivity contribution is 6.38. The third kappa shape index (κ3) is 2.94. The number of nitrogens with one attached hydrogen (secondary N) is 3. The van der Waals surface area contributed by atoms with Crippen LogP contribution < -0.4 is 16.2 Å². The summed E-state index contributed by atoms with van der Waals surface area (Å²) < 4.78 is 0. The minimum Gasteiger partial charge on any atom is -0.343 e. The maximum atomic E-state index is 11.1. The van der Waals surface area contributed by atoms with Gasteiger partial charge in [-0.25, -0.2) is 0 Å². The fourth-order valence-corrected chi connectivity index (χ4v) is 0.722. The molecule has 0 aliphatic carbocycles. The molecule has 13 heavy (non-hydrogen) atoms. The SMILES string of the molecule is CC(=O)NNC(=O)C1=NCC=CN1. The second kappa shape index (κ2) is 4.24. The molecule has 1 aliphatic rings. The van der Waals surface area contributed by atoms with E-state index in [1.165, 1.54) is 6.92 Å². The molecular weight excluding hydrogens is 172 g/mol. The Labute approximate surface area is 75.1 Å². The number of carbonyl (C=O) groups is 2.